The Kier molecular flexibility index (Phi) is 4.82. The number of hydrogen-bond acceptors (Lipinski definition) is 7. The van der Waals surface area contributed by atoms with E-state index in [2.05, 4.69) is 16.8 Å². The highest BCUT2D eigenvalue weighted by molar-refractivity contribution is 7.15. The lowest BCUT2D eigenvalue weighted by molar-refractivity contribution is 0.0970. The first-order valence-electron chi connectivity index (χ1n) is 9.71. The normalized spacial score (nSPS) is 15.2. The smallest absolute Gasteiger partial charge is 0.297 e. The standard InChI is InChI=1S/C23H16FN3O4S/c1-3-9-30-15-6-4-5-13(10-15)19-18-20(28)16-11-14(24)7-8-17(16)31-21(18)22(29)27(19)23-26-25-12(2)32-23/h3-8,10-11,19H,1,9H2,2H3. The van der Waals surface area contributed by atoms with Crippen molar-refractivity contribution in [3.63, 3.8) is 0 Å². The summed E-state index contributed by atoms with van der Waals surface area (Å²) >= 11 is 1.22. The number of fused-ring (bicyclic) bond motifs is 2. The van der Waals surface area contributed by atoms with Crippen LogP contribution in [-0.4, -0.2) is 22.7 Å². The SMILES string of the molecule is C=CCOc1cccc(C2c3c(oc4ccc(F)cc4c3=O)C(=O)N2c2nnc(C)s2)c1. The molecular formula is C23H16FN3O4S. The van der Waals surface area contributed by atoms with Gasteiger partial charge in [-0.15, -0.1) is 10.2 Å². The van der Waals surface area contributed by atoms with E-state index in [0.717, 1.165) is 6.07 Å². The zero-order valence-corrected chi connectivity index (χ0v) is 17.7. The number of hydrogen-bond donors (Lipinski definition) is 0. The second-order valence-electron chi connectivity index (χ2n) is 7.17. The van der Waals surface area contributed by atoms with Gasteiger partial charge in [0.15, 0.2) is 5.43 Å². The highest BCUT2D eigenvalue weighted by atomic mass is 32.1. The summed E-state index contributed by atoms with van der Waals surface area (Å²) in [4.78, 5) is 28.3. The van der Waals surface area contributed by atoms with E-state index in [9.17, 15) is 14.0 Å². The number of carbonyl (C=O) groups is 1. The second-order valence-corrected chi connectivity index (χ2v) is 8.33. The number of benzene rings is 2. The summed E-state index contributed by atoms with van der Waals surface area (Å²) in [6, 6.07) is 9.86. The number of anilines is 1. The molecule has 0 fully saturated rings. The molecule has 9 heteroatoms. The monoisotopic (exact) mass is 449 g/mol. The number of nitrogens with zero attached hydrogens (tertiary/aromatic N) is 3. The molecule has 0 aliphatic carbocycles. The molecule has 1 atom stereocenters. The van der Waals surface area contributed by atoms with E-state index in [1.54, 1.807) is 37.3 Å². The number of aryl methyl sites for hydroxylation is 1. The van der Waals surface area contributed by atoms with Crippen molar-refractivity contribution in [3.8, 4) is 5.75 Å². The van der Waals surface area contributed by atoms with Crippen molar-refractivity contribution in [3.05, 3.63) is 93.1 Å². The summed E-state index contributed by atoms with van der Waals surface area (Å²) in [6.45, 7) is 5.71. The Balaban J connectivity index is 1.77. The van der Waals surface area contributed by atoms with Crippen LogP contribution in [0.3, 0.4) is 0 Å². The first kappa shape index (κ1) is 20.1. The van der Waals surface area contributed by atoms with Gasteiger partial charge < -0.3 is 9.15 Å². The molecule has 0 radical (unpaired) electrons. The molecule has 7 nitrogen and oxygen atoms in total. The van der Waals surface area contributed by atoms with Crippen LogP contribution in [0.4, 0.5) is 9.52 Å². The minimum Gasteiger partial charge on any atom is -0.490 e. The molecule has 3 heterocycles. The summed E-state index contributed by atoms with van der Waals surface area (Å²) in [5.41, 5.74) is 0.414. The number of halogens is 1. The highest BCUT2D eigenvalue weighted by Gasteiger charge is 2.45. The van der Waals surface area contributed by atoms with Crippen molar-refractivity contribution in [1.82, 2.24) is 10.2 Å². The Hall–Kier alpha value is -3.85. The molecular weight excluding hydrogens is 433 g/mol. The van der Waals surface area contributed by atoms with Gasteiger partial charge in [0.2, 0.25) is 10.9 Å². The molecule has 2 aromatic carbocycles. The minimum atomic E-state index is -0.832. The summed E-state index contributed by atoms with van der Waals surface area (Å²) in [6.07, 6.45) is 1.62. The lowest BCUT2D eigenvalue weighted by atomic mass is 9.98. The lowest BCUT2D eigenvalue weighted by Gasteiger charge is -2.22. The van der Waals surface area contributed by atoms with Crippen LogP contribution in [0, 0.1) is 12.7 Å². The molecule has 0 saturated carbocycles. The number of rotatable bonds is 5. The van der Waals surface area contributed by atoms with Gasteiger partial charge in [-0.2, -0.15) is 0 Å². The van der Waals surface area contributed by atoms with Crippen LogP contribution >= 0.6 is 11.3 Å². The van der Waals surface area contributed by atoms with Crippen molar-refractivity contribution in [2.75, 3.05) is 11.5 Å². The molecule has 1 amide bonds. The third-order valence-corrected chi connectivity index (χ3v) is 5.93. The number of aromatic nitrogens is 2. The first-order valence-corrected chi connectivity index (χ1v) is 10.5. The van der Waals surface area contributed by atoms with Crippen LogP contribution in [0.25, 0.3) is 11.0 Å². The fraction of sp³-hybridized carbons (Fsp3) is 0.130. The van der Waals surface area contributed by atoms with Crippen LogP contribution < -0.4 is 15.1 Å². The molecule has 0 saturated heterocycles. The molecule has 0 spiro atoms. The number of amides is 1. The Morgan fingerprint density at radius 2 is 2.09 bits per heavy atom. The van der Waals surface area contributed by atoms with Crippen LogP contribution in [0.15, 0.2) is 64.3 Å². The molecule has 5 rings (SSSR count). The molecule has 1 aliphatic rings. The Labute approximate surface area is 185 Å². The summed E-state index contributed by atoms with van der Waals surface area (Å²) in [5, 5.41) is 9.19. The molecule has 0 N–H and O–H groups in total. The highest BCUT2D eigenvalue weighted by Crippen LogP contribution is 2.42. The van der Waals surface area contributed by atoms with Crippen molar-refractivity contribution < 1.29 is 18.3 Å². The molecule has 1 unspecified atom stereocenters. The van der Waals surface area contributed by atoms with Gasteiger partial charge in [0.1, 0.15) is 28.8 Å². The Morgan fingerprint density at radius 1 is 1.25 bits per heavy atom. The summed E-state index contributed by atoms with van der Waals surface area (Å²) < 4.78 is 25.3. The van der Waals surface area contributed by atoms with E-state index < -0.39 is 23.2 Å². The fourth-order valence-electron chi connectivity index (χ4n) is 3.77. The second kappa shape index (κ2) is 7.69. The van der Waals surface area contributed by atoms with Gasteiger partial charge in [-0.1, -0.05) is 36.1 Å². The zero-order chi connectivity index (χ0) is 22.4. The maximum absolute atomic E-state index is 13.9. The fourth-order valence-corrected chi connectivity index (χ4v) is 4.49. The van der Waals surface area contributed by atoms with E-state index >= 15 is 0 Å². The third-order valence-electron chi connectivity index (χ3n) is 5.10. The maximum atomic E-state index is 13.9. The number of carbonyl (C=O) groups excluding carboxylic acids is 1. The Bertz CT molecular complexity index is 1440. The van der Waals surface area contributed by atoms with Crippen molar-refractivity contribution in [2.45, 2.75) is 13.0 Å². The molecule has 4 aromatic rings. The lowest BCUT2D eigenvalue weighted by Crippen LogP contribution is -2.29. The van der Waals surface area contributed by atoms with Crippen molar-refractivity contribution in [1.29, 1.82) is 0 Å². The molecule has 0 bridgehead atoms. The summed E-state index contributed by atoms with van der Waals surface area (Å²) in [7, 11) is 0. The van der Waals surface area contributed by atoms with Crippen LogP contribution in [-0.2, 0) is 0 Å². The average Bonchev–Trinajstić information content (AvgIpc) is 3.34. The van der Waals surface area contributed by atoms with Gasteiger partial charge in [-0.3, -0.25) is 14.5 Å². The van der Waals surface area contributed by atoms with Crippen LogP contribution in [0.1, 0.15) is 32.7 Å². The first-order chi connectivity index (χ1) is 15.5. The summed E-state index contributed by atoms with van der Waals surface area (Å²) in [5.74, 6) is -0.624. The Morgan fingerprint density at radius 3 is 2.84 bits per heavy atom. The van der Waals surface area contributed by atoms with Gasteiger partial charge in [-0.25, -0.2) is 4.39 Å². The van der Waals surface area contributed by atoms with E-state index in [0.29, 0.717) is 28.1 Å². The van der Waals surface area contributed by atoms with Crippen LogP contribution in [0.5, 0.6) is 5.75 Å². The maximum Gasteiger partial charge on any atom is 0.297 e. The van der Waals surface area contributed by atoms with E-state index in [1.807, 2.05) is 0 Å². The molecule has 32 heavy (non-hydrogen) atoms. The quantitative estimate of drug-likeness (QED) is 0.420. The third kappa shape index (κ3) is 3.18. The van der Waals surface area contributed by atoms with Crippen LogP contribution in [0.2, 0.25) is 0 Å². The van der Waals surface area contributed by atoms with Gasteiger partial charge in [0.25, 0.3) is 5.91 Å². The van der Waals surface area contributed by atoms with E-state index in [1.165, 1.54) is 28.4 Å². The zero-order valence-electron chi connectivity index (χ0n) is 16.9. The molecule has 2 aromatic heterocycles. The molecule has 160 valence electrons. The van der Waals surface area contributed by atoms with Gasteiger partial charge in [0.05, 0.1) is 17.0 Å². The topological polar surface area (TPSA) is 85.5 Å². The van der Waals surface area contributed by atoms with Gasteiger partial charge >= 0.3 is 0 Å². The van der Waals surface area contributed by atoms with Crippen molar-refractivity contribution >= 4 is 33.3 Å². The number of ether oxygens (including phenoxy) is 1. The van der Waals surface area contributed by atoms with Gasteiger partial charge in [0, 0.05) is 0 Å². The predicted molar refractivity (Wildman–Crippen MR) is 118 cm³/mol. The van der Waals surface area contributed by atoms with E-state index in [-0.39, 0.29) is 22.3 Å². The van der Waals surface area contributed by atoms with E-state index in [4.69, 9.17) is 9.15 Å². The minimum absolute atomic E-state index is 0.0657. The predicted octanol–water partition coefficient (Wildman–Crippen LogP) is 4.41. The molecule has 1 aliphatic heterocycles. The van der Waals surface area contributed by atoms with Gasteiger partial charge in [-0.05, 0) is 42.8 Å². The average molecular weight is 449 g/mol. The largest absolute Gasteiger partial charge is 0.490 e. The van der Waals surface area contributed by atoms with Crippen molar-refractivity contribution in [2.24, 2.45) is 0 Å².